The fourth-order valence-electron chi connectivity index (χ4n) is 1.86. The van der Waals surface area contributed by atoms with Crippen LogP contribution in [0.1, 0.15) is 16.8 Å². The van der Waals surface area contributed by atoms with Gasteiger partial charge in [-0.1, -0.05) is 30.3 Å². The van der Waals surface area contributed by atoms with Gasteiger partial charge in [0.1, 0.15) is 0 Å². The first-order valence-electron chi connectivity index (χ1n) is 5.39. The second-order valence-electron chi connectivity index (χ2n) is 4.08. The van der Waals surface area contributed by atoms with Crippen LogP contribution in [0.2, 0.25) is 0 Å². The Balaban J connectivity index is 2.39. The van der Waals surface area contributed by atoms with Gasteiger partial charge >= 0.3 is 0 Å². The number of hydrogen-bond donors (Lipinski definition) is 0. The first kappa shape index (κ1) is 10.7. The summed E-state index contributed by atoms with van der Waals surface area (Å²) in [6, 6.07) is 13.7. The maximum absolute atomic E-state index is 11.8. The van der Waals surface area contributed by atoms with Crippen molar-refractivity contribution < 1.29 is 0 Å². The van der Waals surface area contributed by atoms with Gasteiger partial charge in [-0.05, 0) is 31.0 Å². The van der Waals surface area contributed by atoms with E-state index in [1.54, 1.807) is 10.6 Å². The summed E-state index contributed by atoms with van der Waals surface area (Å²) in [7, 11) is 0. The third-order valence-corrected chi connectivity index (χ3v) is 2.66. The number of rotatable bonds is 2. The minimum absolute atomic E-state index is 0.0707. The quantitative estimate of drug-likeness (QED) is 0.751. The summed E-state index contributed by atoms with van der Waals surface area (Å²) < 4.78 is 1.79. The third-order valence-electron chi connectivity index (χ3n) is 2.66. The van der Waals surface area contributed by atoms with E-state index < -0.39 is 0 Å². The molecule has 16 heavy (non-hydrogen) atoms. The summed E-state index contributed by atoms with van der Waals surface area (Å²) in [6.07, 6.45) is 0. The van der Waals surface area contributed by atoms with Gasteiger partial charge in [0, 0.05) is 11.8 Å². The number of aryl methyl sites for hydroxylation is 2. The molecule has 0 unspecified atom stereocenters. The zero-order valence-corrected chi connectivity index (χ0v) is 9.60. The number of nitrogens with zero attached hydrogens (tertiary/aromatic N) is 1. The molecule has 0 bridgehead atoms. The molecule has 0 saturated carbocycles. The Morgan fingerprint density at radius 2 is 1.75 bits per heavy atom. The van der Waals surface area contributed by atoms with Crippen LogP contribution in [0.4, 0.5) is 0 Å². The van der Waals surface area contributed by atoms with Crippen LogP contribution in [-0.2, 0) is 6.54 Å². The molecule has 0 radical (unpaired) electrons. The van der Waals surface area contributed by atoms with Crippen molar-refractivity contribution in [3.8, 4) is 0 Å². The van der Waals surface area contributed by atoms with Crippen molar-refractivity contribution >= 4 is 0 Å². The van der Waals surface area contributed by atoms with Gasteiger partial charge in [0.2, 0.25) is 0 Å². The van der Waals surface area contributed by atoms with Crippen LogP contribution in [0, 0.1) is 13.8 Å². The molecular weight excluding hydrogens is 198 g/mol. The molecule has 2 nitrogen and oxygen atoms in total. The van der Waals surface area contributed by atoms with Crippen molar-refractivity contribution in [1.82, 2.24) is 4.57 Å². The van der Waals surface area contributed by atoms with E-state index in [4.69, 9.17) is 0 Å². The molecule has 2 rings (SSSR count). The zero-order valence-electron chi connectivity index (χ0n) is 9.60. The van der Waals surface area contributed by atoms with Crippen LogP contribution in [0.5, 0.6) is 0 Å². The number of pyridine rings is 1. The highest BCUT2D eigenvalue weighted by Gasteiger charge is 2.01. The van der Waals surface area contributed by atoms with E-state index >= 15 is 0 Å². The lowest BCUT2D eigenvalue weighted by Gasteiger charge is -2.10. The Labute approximate surface area is 95.2 Å². The molecule has 0 aliphatic rings. The normalized spacial score (nSPS) is 10.4. The fourth-order valence-corrected chi connectivity index (χ4v) is 1.86. The number of aromatic nitrogens is 1. The largest absolute Gasteiger partial charge is 0.309 e. The lowest BCUT2D eigenvalue weighted by molar-refractivity contribution is 0.727. The summed E-state index contributed by atoms with van der Waals surface area (Å²) in [6.45, 7) is 4.56. The minimum atomic E-state index is 0.0707. The van der Waals surface area contributed by atoms with E-state index in [2.05, 4.69) is 0 Å². The molecule has 0 fully saturated rings. The average molecular weight is 213 g/mol. The van der Waals surface area contributed by atoms with Gasteiger partial charge in [0.05, 0.1) is 6.54 Å². The van der Waals surface area contributed by atoms with Gasteiger partial charge < -0.3 is 4.57 Å². The molecule has 0 N–H and O–H groups in total. The molecule has 0 aliphatic carbocycles. The third kappa shape index (κ3) is 2.22. The van der Waals surface area contributed by atoms with E-state index in [-0.39, 0.29) is 5.56 Å². The molecule has 0 atom stereocenters. The highest BCUT2D eigenvalue weighted by Crippen LogP contribution is 2.04. The van der Waals surface area contributed by atoms with Gasteiger partial charge in [-0.3, -0.25) is 4.79 Å². The average Bonchev–Trinajstić information content (AvgIpc) is 2.25. The van der Waals surface area contributed by atoms with Crippen molar-refractivity contribution in [2.24, 2.45) is 0 Å². The molecular formula is C14H15NO. The molecule has 0 saturated heterocycles. The number of benzene rings is 1. The summed E-state index contributed by atoms with van der Waals surface area (Å²) in [4.78, 5) is 11.8. The maximum Gasteiger partial charge on any atom is 0.251 e. The Morgan fingerprint density at radius 3 is 2.38 bits per heavy atom. The molecule has 2 aromatic rings. The highest BCUT2D eigenvalue weighted by atomic mass is 16.1. The van der Waals surface area contributed by atoms with Crippen molar-refractivity contribution in [3.63, 3.8) is 0 Å². The van der Waals surface area contributed by atoms with Crippen LogP contribution in [0.25, 0.3) is 0 Å². The van der Waals surface area contributed by atoms with E-state index in [1.165, 1.54) is 0 Å². The predicted molar refractivity (Wildman–Crippen MR) is 65.7 cm³/mol. The molecule has 2 heteroatoms. The second kappa shape index (κ2) is 4.35. The predicted octanol–water partition coefficient (Wildman–Crippen LogP) is 2.51. The molecule has 1 aromatic carbocycles. The molecule has 0 spiro atoms. The first-order chi connectivity index (χ1) is 7.66. The van der Waals surface area contributed by atoms with E-state index in [0.29, 0.717) is 6.54 Å². The lowest BCUT2D eigenvalue weighted by Crippen LogP contribution is -2.22. The van der Waals surface area contributed by atoms with E-state index in [9.17, 15) is 4.79 Å². The monoisotopic (exact) mass is 213 g/mol. The van der Waals surface area contributed by atoms with Crippen molar-refractivity contribution in [2.75, 3.05) is 0 Å². The van der Waals surface area contributed by atoms with Gasteiger partial charge in [-0.25, -0.2) is 0 Å². The van der Waals surface area contributed by atoms with Crippen molar-refractivity contribution in [2.45, 2.75) is 20.4 Å². The van der Waals surface area contributed by atoms with Crippen LogP contribution in [-0.4, -0.2) is 4.57 Å². The molecule has 1 heterocycles. The van der Waals surface area contributed by atoms with Gasteiger partial charge in [0.25, 0.3) is 5.56 Å². The summed E-state index contributed by atoms with van der Waals surface area (Å²) in [5, 5.41) is 0. The molecule has 0 aliphatic heterocycles. The second-order valence-corrected chi connectivity index (χ2v) is 4.08. The van der Waals surface area contributed by atoms with Crippen LogP contribution in [0.15, 0.2) is 47.3 Å². The smallest absolute Gasteiger partial charge is 0.251 e. The summed E-state index contributed by atoms with van der Waals surface area (Å²) in [5.41, 5.74) is 3.25. The van der Waals surface area contributed by atoms with E-state index in [0.717, 1.165) is 16.8 Å². The molecule has 82 valence electrons. The maximum atomic E-state index is 11.8. The van der Waals surface area contributed by atoms with Crippen molar-refractivity contribution in [1.29, 1.82) is 0 Å². The summed E-state index contributed by atoms with van der Waals surface area (Å²) in [5.74, 6) is 0. The Hall–Kier alpha value is -1.83. The first-order valence-corrected chi connectivity index (χ1v) is 5.39. The zero-order chi connectivity index (χ0) is 11.5. The molecule has 0 amide bonds. The van der Waals surface area contributed by atoms with Crippen LogP contribution >= 0.6 is 0 Å². The highest BCUT2D eigenvalue weighted by molar-refractivity contribution is 5.19. The van der Waals surface area contributed by atoms with Crippen LogP contribution in [0.3, 0.4) is 0 Å². The Kier molecular flexibility index (Phi) is 2.91. The van der Waals surface area contributed by atoms with Gasteiger partial charge in [0.15, 0.2) is 0 Å². The van der Waals surface area contributed by atoms with Crippen LogP contribution < -0.4 is 5.56 Å². The van der Waals surface area contributed by atoms with Gasteiger partial charge in [-0.15, -0.1) is 0 Å². The number of hydrogen-bond acceptors (Lipinski definition) is 1. The van der Waals surface area contributed by atoms with Gasteiger partial charge in [-0.2, -0.15) is 0 Å². The topological polar surface area (TPSA) is 22.0 Å². The fraction of sp³-hybridized carbons (Fsp3) is 0.214. The SMILES string of the molecule is Cc1cc(C)n(Cc2ccccc2)c(=O)c1. The minimum Gasteiger partial charge on any atom is -0.309 e. The van der Waals surface area contributed by atoms with Crippen molar-refractivity contribution in [3.05, 3.63) is 69.6 Å². The Bertz CT molecular complexity index is 540. The Morgan fingerprint density at radius 1 is 1.06 bits per heavy atom. The van der Waals surface area contributed by atoms with E-state index in [1.807, 2.05) is 50.2 Å². The molecule has 1 aromatic heterocycles. The lowest BCUT2D eigenvalue weighted by atomic mass is 10.2. The standard InChI is InChI=1S/C14H15NO/c1-11-8-12(2)15(14(16)9-11)10-13-6-4-3-5-7-13/h3-9H,10H2,1-2H3. The summed E-state index contributed by atoms with van der Waals surface area (Å²) >= 11 is 0.